The van der Waals surface area contributed by atoms with E-state index in [0.717, 1.165) is 10.4 Å². The second-order valence-electron chi connectivity index (χ2n) is 5.03. The molecule has 0 atom stereocenters. The van der Waals surface area contributed by atoms with Gasteiger partial charge in [-0.1, -0.05) is 35.4 Å². The van der Waals surface area contributed by atoms with Crippen molar-refractivity contribution in [2.24, 2.45) is 0 Å². The van der Waals surface area contributed by atoms with Crippen LogP contribution in [0.25, 0.3) is 10.4 Å². The largest absolute Gasteiger partial charge is 0.489 e. The number of thiophene rings is 1. The number of carbonyl (C=O) groups excluding carboxylic acids is 1. The summed E-state index contributed by atoms with van der Waals surface area (Å²) >= 11 is 1.36. The summed E-state index contributed by atoms with van der Waals surface area (Å²) in [5.74, 6) is 0.347. The van der Waals surface area contributed by atoms with Gasteiger partial charge in [0.25, 0.3) is 11.9 Å². The predicted molar refractivity (Wildman–Crippen MR) is 87.6 cm³/mol. The van der Waals surface area contributed by atoms with E-state index in [4.69, 9.17) is 4.74 Å². The Morgan fingerprint density at radius 3 is 2.74 bits per heavy atom. The van der Waals surface area contributed by atoms with Crippen molar-refractivity contribution in [1.29, 1.82) is 0 Å². The molecule has 0 saturated heterocycles. The molecule has 8 heteroatoms. The van der Waals surface area contributed by atoms with E-state index in [-0.39, 0.29) is 18.0 Å². The smallest absolute Gasteiger partial charge is 0.272 e. The molecule has 1 amide bonds. The fraction of sp³-hybridized carbons (Fsp3) is 0.200. The molecule has 0 spiro atoms. The van der Waals surface area contributed by atoms with Gasteiger partial charge in [0.15, 0.2) is 0 Å². The fourth-order valence-corrected chi connectivity index (χ4v) is 2.98. The Morgan fingerprint density at radius 2 is 2.09 bits per heavy atom. The first-order valence-corrected chi connectivity index (χ1v) is 7.86. The number of aromatic amines is 1. The normalized spacial score (nSPS) is 10.7. The van der Waals surface area contributed by atoms with Gasteiger partial charge in [-0.25, -0.2) is 0 Å². The van der Waals surface area contributed by atoms with Crippen molar-refractivity contribution in [3.63, 3.8) is 0 Å². The van der Waals surface area contributed by atoms with Gasteiger partial charge < -0.3 is 4.74 Å². The lowest BCUT2D eigenvalue weighted by Gasteiger charge is -2.09. The molecule has 0 bridgehead atoms. The lowest BCUT2D eigenvalue weighted by Crippen LogP contribution is -2.14. The molecule has 3 aromatic rings. The highest BCUT2D eigenvalue weighted by Gasteiger charge is 2.20. The van der Waals surface area contributed by atoms with Crippen LogP contribution in [0.3, 0.4) is 0 Å². The van der Waals surface area contributed by atoms with Crippen LogP contribution in [0.2, 0.25) is 0 Å². The molecule has 0 unspecified atom stereocenters. The Hall–Kier alpha value is -2.74. The van der Waals surface area contributed by atoms with E-state index in [1.807, 2.05) is 50.2 Å². The highest BCUT2D eigenvalue weighted by molar-refractivity contribution is 7.17. The van der Waals surface area contributed by atoms with Gasteiger partial charge in [0.1, 0.15) is 10.6 Å². The Labute approximate surface area is 136 Å². The molecule has 0 fully saturated rings. The summed E-state index contributed by atoms with van der Waals surface area (Å²) in [6.45, 7) is 3.83. The molecule has 0 aliphatic rings. The molecule has 118 valence electrons. The number of nitrogens with one attached hydrogen (secondary N) is 2. The maximum atomic E-state index is 12.5. The van der Waals surface area contributed by atoms with Crippen LogP contribution < -0.4 is 10.1 Å². The molecular weight excluding hydrogens is 314 g/mol. The number of nitrogens with zero attached hydrogens (tertiary/aromatic N) is 3. The summed E-state index contributed by atoms with van der Waals surface area (Å²) in [5.41, 5.74) is 1.03. The molecule has 0 aliphatic heterocycles. The summed E-state index contributed by atoms with van der Waals surface area (Å²) in [5, 5.41) is 15.7. The van der Waals surface area contributed by atoms with E-state index in [2.05, 4.69) is 25.9 Å². The van der Waals surface area contributed by atoms with Crippen LogP contribution in [-0.2, 0) is 0 Å². The van der Waals surface area contributed by atoms with Crippen molar-refractivity contribution in [3.05, 3.63) is 41.3 Å². The number of rotatable bonds is 5. The van der Waals surface area contributed by atoms with Gasteiger partial charge in [-0.05, 0) is 30.7 Å². The average molecular weight is 329 g/mol. The number of aromatic nitrogens is 4. The monoisotopic (exact) mass is 329 g/mol. The van der Waals surface area contributed by atoms with Crippen LogP contribution in [0.15, 0.2) is 36.4 Å². The second-order valence-corrected chi connectivity index (χ2v) is 6.08. The standard InChI is InChI=1S/C15H15N5O2S/c1-9(2)22-11-8-12(10-6-4-3-5-7-10)23-13(11)14(21)16-15-17-19-20-18-15/h3-9H,1-2H3,(H2,16,17,18,19,20,21). The minimum absolute atomic E-state index is 0.0371. The topological polar surface area (TPSA) is 92.8 Å². The Morgan fingerprint density at radius 1 is 1.30 bits per heavy atom. The molecule has 3 rings (SSSR count). The minimum Gasteiger partial charge on any atom is -0.489 e. The third-order valence-corrected chi connectivity index (χ3v) is 4.06. The third-order valence-electron chi connectivity index (χ3n) is 2.90. The summed E-state index contributed by atoms with van der Waals surface area (Å²) < 4.78 is 5.77. The zero-order chi connectivity index (χ0) is 16.2. The first-order chi connectivity index (χ1) is 11.1. The molecule has 0 saturated carbocycles. The van der Waals surface area contributed by atoms with Crippen LogP contribution in [0.5, 0.6) is 5.75 Å². The van der Waals surface area contributed by atoms with Crippen molar-refractivity contribution in [1.82, 2.24) is 20.6 Å². The molecule has 2 N–H and O–H groups in total. The summed E-state index contributed by atoms with van der Waals surface area (Å²) in [7, 11) is 0. The van der Waals surface area contributed by atoms with Crippen molar-refractivity contribution in [2.45, 2.75) is 20.0 Å². The van der Waals surface area contributed by atoms with Crippen LogP contribution in [-0.4, -0.2) is 32.6 Å². The van der Waals surface area contributed by atoms with Gasteiger partial charge in [0, 0.05) is 4.88 Å². The molecular formula is C15H15N5O2S. The zero-order valence-corrected chi connectivity index (χ0v) is 13.4. The maximum Gasteiger partial charge on any atom is 0.272 e. The first-order valence-electron chi connectivity index (χ1n) is 7.04. The zero-order valence-electron chi connectivity index (χ0n) is 12.6. The lowest BCUT2D eigenvalue weighted by molar-refractivity contribution is 0.102. The van der Waals surface area contributed by atoms with Gasteiger partial charge in [-0.3, -0.25) is 10.1 Å². The lowest BCUT2D eigenvalue weighted by atomic mass is 10.2. The van der Waals surface area contributed by atoms with Crippen LogP contribution in [0, 0.1) is 0 Å². The number of H-pyrrole nitrogens is 1. The number of hydrogen-bond acceptors (Lipinski definition) is 6. The van der Waals surface area contributed by atoms with Crippen molar-refractivity contribution >= 4 is 23.2 Å². The highest BCUT2D eigenvalue weighted by atomic mass is 32.1. The van der Waals surface area contributed by atoms with Gasteiger partial charge in [0.2, 0.25) is 0 Å². The first kappa shape index (κ1) is 15.2. The number of tetrazole rings is 1. The number of benzene rings is 1. The Balaban J connectivity index is 1.93. The quantitative estimate of drug-likeness (QED) is 0.750. The van der Waals surface area contributed by atoms with Gasteiger partial charge in [-0.2, -0.15) is 5.21 Å². The number of ether oxygens (including phenoxy) is 1. The van der Waals surface area contributed by atoms with Crippen LogP contribution in [0.1, 0.15) is 23.5 Å². The summed E-state index contributed by atoms with van der Waals surface area (Å²) in [4.78, 5) is 13.9. The fourth-order valence-electron chi connectivity index (χ4n) is 1.99. The van der Waals surface area contributed by atoms with Crippen LogP contribution >= 0.6 is 11.3 Å². The van der Waals surface area contributed by atoms with Gasteiger partial charge in [-0.15, -0.1) is 16.4 Å². The SMILES string of the molecule is CC(C)Oc1cc(-c2ccccc2)sc1C(=O)Nc1nn[nH]n1. The minimum atomic E-state index is -0.325. The maximum absolute atomic E-state index is 12.5. The summed E-state index contributed by atoms with van der Waals surface area (Å²) in [6.07, 6.45) is -0.0371. The predicted octanol–water partition coefficient (Wildman–Crippen LogP) is 2.97. The van der Waals surface area contributed by atoms with Crippen molar-refractivity contribution in [3.8, 4) is 16.2 Å². The molecule has 2 aromatic heterocycles. The van der Waals surface area contributed by atoms with Crippen molar-refractivity contribution in [2.75, 3.05) is 5.32 Å². The van der Waals surface area contributed by atoms with E-state index in [1.54, 1.807) is 0 Å². The number of amides is 1. The van der Waals surface area contributed by atoms with Gasteiger partial charge >= 0.3 is 0 Å². The summed E-state index contributed by atoms with van der Waals surface area (Å²) in [6, 6.07) is 11.7. The third kappa shape index (κ3) is 3.54. The second kappa shape index (κ2) is 6.57. The van der Waals surface area contributed by atoms with E-state index < -0.39 is 0 Å². The number of carbonyl (C=O) groups is 1. The number of anilines is 1. The molecule has 2 heterocycles. The van der Waals surface area contributed by atoms with E-state index >= 15 is 0 Å². The number of hydrogen-bond donors (Lipinski definition) is 2. The molecule has 0 radical (unpaired) electrons. The molecule has 7 nitrogen and oxygen atoms in total. The average Bonchev–Trinajstić information content (AvgIpc) is 3.17. The molecule has 0 aliphatic carbocycles. The Kier molecular flexibility index (Phi) is 4.33. The van der Waals surface area contributed by atoms with E-state index in [0.29, 0.717) is 10.6 Å². The van der Waals surface area contributed by atoms with Gasteiger partial charge in [0.05, 0.1) is 6.10 Å². The molecule has 23 heavy (non-hydrogen) atoms. The van der Waals surface area contributed by atoms with E-state index in [1.165, 1.54) is 11.3 Å². The highest BCUT2D eigenvalue weighted by Crippen LogP contribution is 2.37. The molecule has 1 aromatic carbocycles. The van der Waals surface area contributed by atoms with Crippen LogP contribution in [0.4, 0.5) is 5.95 Å². The van der Waals surface area contributed by atoms with Crippen molar-refractivity contribution < 1.29 is 9.53 Å². The van der Waals surface area contributed by atoms with E-state index in [9.17, 15) is 4.79 Å². The Bertz CT molecular complexity index is 784.